The van der Waals surface area contributed by atoms with Crippen molar-refractivity contribution in [2.45, 2.75) is 43.1 Å². The minimum absolute atomic E-state index is 0. The minimum Gasteiger partial charge on any atom is -1.00 e. The summed E-state index contributed by atoms with van der Waals surface area (Å²) in [5.41, 5.74) is 1.39. The van der Waals surface area contributed by atoms with E-state index in [2.05, 4.69) is 63.2 Å². The van der Waals surface area contributed by atoms with Gasteiger partial charge in [0.05, 0.1) is 21.1 Å². The number of ether oxygens (including phenoxy) is 1. The maximum atomic E-state index is 6.80. The lowest BCUT2D eigenvalue weighted by Gasteiger charge is -2.39. The summed E-state index contributed by atoms with van der Waals surface area (Å²) in [4.78, 5) is -0.0957. The fourth-order valence-corrected chi connectivity index (χ4v) is 5.57. The Morgan fingerprint density at radius 1 is 1.09 bits per heavy atom. The molecular weight excluding hydrogens is 417 g/mol. The average Bonchev–Trinajstić information content (AvgIpc) is 2.92. The highest BCUT2D eigenvalue weighted by Gasteiger charge is 2.49. The van der Waals surface area contributed by atoms with Gasteiger partial charge < -0.3 is 33.2 Å². The van der Waals surface area contributed by atoms with E-state index >= 15 is 0 Å². The maximum absolute atomic E-state index is 6.80. The van der Waals surface area contributed by atoms with Crippen molar-refractivity contribution in [3.05, 3.63) is 35.9 Å². The van der Waals surface area contributed by atoms with Gasteiger partial charge in [-0.3, -0.25) is 0 Å². The Labute approximate surface area is 163 Å². The molecule has 2 atom stereocenters. The number of thioether (sulfide) groups is 1. The van der Waals surface area contributed by atoms with Crippen molar-refractivity contribution in [3.63, 3.8) is 0 Å². The van der Waals surface area contributed by atoms with E-state index < -0.39 is 0 Å². The molecule has 130 valence electrons. The molecule has 4 heteroatoms. The van der Waals surface area contributed by atoms with E-state index in [1.807, 2.05) is 0 Å². The van der Waals surface area contributed by atoms with E-state index in [9.17, 15) is 0 Å². The monoisotopic (exact) mass is 447 g/mol. The standard InChI is InChI=1S/C19H30NOS.HI/c1-20(2,3)14-18-15-22-19(21-18,16-10-6-4-7-11-16)17-12-8-5-9-13-17;/h4,6-7,10-11,17-18H,5,8-9,12-15H2,1-3H3;1H/q+1;/p-1/t18-,19+;/m1./s1. The number of hydrogen-bond acceptors (Lipinski definition) is 2. The van der Waals surface area contributed by atoms with Crippen LogP contribution in [-0.2, 0) is 9.67 Å². The maximum Gasteiger partial charge on any atom is 0.142 e. The van der Waals surface area contributed by atoms with Gasteiger partial charge in [0.25, 0.3) is 0 Å². The second kappa shape index (κ2) is 8.07. The van der Waals surface area contributed by atoms with E-state index in [1.165, 1.54) is 37.7 Å². The fourth-order valence-electron chi connectivity index (χ4n) is 3.99. The molecule has 0 unspecified atom stereocenters. The van der Waals surface area contributed by atoms with Crippen molar-refractivity contribution >= 4 is 11.8 Å². The number of quaternary nitrogens is 1. The largest absolute Gasteiger partial charge is 1.00 e. The number of likely N-dealkylation sites (N-methyl/N-ethyl adjacent to an activating group) is 1. The van der Waals surface area contributed by atoms with E-state index in [-0.39, 0.29) is 28.9 Å². The third-order valence-corrected chi connectivity index (χ3v) is 6.53. The van der Waals surface area contributed by atoms with Gasteiger partial charge in [-0.2, -0.15) is 0 Å². The van der Waals surface area contributed by atoms with E-state index in [0.29, 0.717) is 12.0 Å². The summed E-state index contributed by atoms with van der Waals surface area (Å²) in [6.07, 6.45) is 7.13. The Balaban J connectivity index is 0.00000192. The number of benzene rings is 1. The van der Waals surface area contributed by atoms with E-state index in [0.717, 1.165) is 16.8 Å². The zero-order valence-corrected chi connectivity index (χ0v) is 17.6. The molecule has 0 bridgehead atoms. The highest BCUT2D eigenvalue weighted by molar-refractivity contribution is 8.00. The topological polar surface area (TPSA) is 9.23 Å². The normalized spacial score (nSPS) is 29.3. The van der Waals surface area contributed by atoms with Crippen molar-refractivity contribution in [1.29, 1.82) is 0 Å². The summed E-state index contributed by atoms with van der Waals surface area (Å²) >= 11 is 2.07. The predicted octanol–water partition coefficient (Wildman–Crippen LogP) is 1.26. The molecule has 0 aromatic heterocycles. The SMILES string of the molecule is C[N+](C)(C)C[C@@H]1CS[C@@](c2ccccc2)(C2CCCCC2)O1.[I-]. The number of nitrogens with zero attached hydrogens (tertiary/aromatic N) is 1. The van der Waals surface area contributed by atoms with E-state index in [4.69, 9.17) is 4.74 Å². The molecule has 2 fully saturated rings. The molecule has 1 aliphatic heterocycles. The van der Waals surface area contributed by atoms with Gasteiger partial charge >= 0.3 is 0 Å². The summed E-state index contributed by atoms with van der Waals surface area (Å²) in [5.74, 6) is 1.80. The summed E-state index contributed by atoms with van der Waals surface area (Å²) in [6, 6.07) is 11.0. The van der Waals surface area contributed by atoms with Gasteiger partial charge in [0.15, 0.2) is 0 Å². The van der Waals surface area contributed by atoms with E-state index in [1.54, 1.807) is 0 Å². The lowest BCUT2D eigenvalue weighted by molar-refractivity contribution is -0.873. The molecule has 3 rings (SSSR count). The lowest BCUT2D eigenvalue weighted by atomic mass is 9.82. The number of halogens is 1. The van der Waals surface area contributed by atoms with Crippen LogP contribution in [0.2, 0.25) is 0 Å². The Bertz CT molecular complexity index is 484. The smallest absolute Gasteiger partial charge is 0.142 e. The molecule has 1 saturated heterocycles. The zero-order chi connectivity index (χ0) is 15.6. The molecule has 0 spiro atoms. The van der Waals surface area contributed by atoms with Gasteiger partial charge in [-0.15, -0.1) is 11.8 Å². The van der Waals surface area contributed by atoms with Crippen molar-refractivity contribution in [3.8, 4) is 0 Å². The third kappa shape index (κ3) is 4.65. The molecule has 1 aliphatic carbocycles. The van der Waals surface area contributed by atoms with Gasteiger partial charge in [-0.05, 0) is 18.4 Å². The van der Waals surface area contributed by atoms with Gasteiger partial charge in [-0.25, -0.2) is 0 Å². The van der Waals surface area contributed by atoms with Gasteiger partial charge in [0.2, 0.25) is 0 Å². The van der Waals surface area contributed by atoms with Crippen LogP contribution in [0.1, 0.15) is 37.7 Å². The molecular formula is C19H30INOS. The lowest BCUT2D eigenvalue weighted by Crippen LogP contribution is -3.00. The average molecular weight is 447 g/mol. The van der Waals surface area contributed by atoms with Gasteiger partial charge in [0.1, 0.15) is 17.6 Å². The summed E-state index contributed by atoms with van der Waals surface area (Å²) in [6.45, 7) is 1.09. The first-order chi connectivity index (χ1) is 10.5. The summed E-state index contributed by atoms with van der Waals surface area (Å²) < 4.78 is 7.77. The molecule has 1 aromatic carbocycles. The second-order valence-corrected chi connectivity index (χ2v) is 9.12. The summed E-state index contributed by atoms with van der Waals surface area (Å²) in [5, 5.41) is 0. The number of hydrogen-bond donors (Lipinski definition) is 0. The van der Waals surface area contributed by atoms with Crippen LogP contribution in [0.5, 0.6) is 0 Å². The fraction of sp³-hybridized carbons (Fsp3) is 0.684. The predicted molar refractivity (Wildman–Crippen MR) is 94.9 cm³/mol. The molecule has 0 N–H and O–H groups in total. The van der Waals surface area contributed by atoms with Crippen LogP contribution >= 0.6 is 11.8 Å². The molecule has 1 heterocycles. The van der Waals surface area contributed by atoms with Crippen LogP contribution < -0.4 is 24.0 Å². The first kappa shape index (κ1) is 19.5. The van der Waals surface area contributed by atoms with Gasteiger partial charge in [-0.1, -0.05) is 49.6 Å². The van der Waals surface area contributed by atoms with Crippen molar-refractivity contribution < 1.29 is 33.2 Å². The molecule has 1 aromatic rings. The number of rotatable bonds is 4. The first-order valence-electron chi connectivity index (χ1n) is 8.67. The molecule has 2 aliphatic rings. The molecule has 23 heavy (non-hydrogen) atoms. The molecule has 1 saturated carbocycles. The molecule has 0 amide bonds. The quantitative estimate of drug-likeness (QED) is 0.508. The third-order valence-electron chi connectivity index (χ3n) is 4.90. The van der Waals surface area contributed by atoms with Crippen LogP contribution in [0.15, 0.2) is 30.3 Å². The second-order valence-electron chi connectivity index (χ2n) is 7.89. The van der Waals surface area contributed by atoms with Crippen LogP contribution in [-0.4, -0.2) is 44.0 Å². The minimum atomic E-state index is -0.0957. The van der Waals surface area contributed by atoms with Crippen LogP contribution in [0.3, 0.4) is 0 Å². The Morgan fingerprint density at radius 3 is 2.35 bits per heavy atom. The van der Waals surface area contributed by atoms with Crippen molar-refractivity contribution in [1.82, 2.24) is 0 Å². The Morgan fingerprint density at radius 2 is 1.74 bits per heavy atom. The Hall–Kier alpha value is 0.220. The zero-order valence-electron chi connectivity index (χ0n) is 14.6. The van der Waals surface area contributed by atoms with Crippen LogP contribution in [0.25, 0.3) is 0 Å². The van der Waals surface area contributed by atoms with Crippen LogP contribution in [0, 0.1) is 5.92 Å². The van der Waals surface area contributed by atoms with Crippen molar-refractivity contribution in [2.75, 3.05) is 33.4 Å². The highest BCUT2D eigenvalue weighted by Crippen LogP contribution is 2.54. The Kier molecular flexibility index (Phi) is 6.85. The molecule has 2 nitrogen and oxygen atoms in total. The first-order valence-corrected chi connectivity index (χ1v) is 9.66. The summed E-state index contributed by atoms with van der Waals surface area (Å²) in [7, 11) is 6.78. The molecule has 0 radical (unpaired) electrons. The highest BCUT2D eigenvalue weighted by atomic mass is 127. The van der Waals surface area contributed by atoms with Crippen molar-refractivity contribution in [2.24, 2.45) is 5.92 Å². The van der Waals surface area contributed by atoms with Gasteiger partial charge in [0, 0.05) is 11.7 Å². The van der Waals surface area contributed by atoms with Crippen LogP contribution in [0.4, 0.5) is 0 Å².